The second-order valence-electron chi connectivity index (χ2n) is 16.2. The van der Waals surface area contributed by atoms with Crippen LogP contribution in [0.1, 0.15) is 57.2 Å². The number of anilines is 2. The lowest BCUT2D eigenvalue weighted by molar-refractivity contribution is -0.929. The molecular formula is C41H49ClF4N11O5+. The van der Waals surface area contributed by atoms with Gasteiger partial charge in [0.2, 0.25) is 5.91 Å². The van der Waals surface area contributed by atoms with Crippen LogP contribution in [0.4, 0.5) is 28.9 Å². The van der Waals surface area contributed by atoms with Crippen molar-refractivity contribution < 1.29 is 46.3 Å². The number of piperazine rings is 1. The highest BCUT2D eigenvalue weighted by Gasteiger charge is 2.42. The molecule has 0 radical (unpaired) electrons. The minimum atomic E-state index is -4.84. The first-order valence-corrected chi connectivity index (χ1v) is 20.9. The third kappa shape index (κ3) is 10.2. The topological polar surface area (TPSA) is 214 Å². The Morgan fingerprint density at radius 3 is 2.34 bits per heavy atom. The summed E-state index contributed by atoms with van der Waals surface area (Å²) in [5, 5.41) is 24.3. The van der Waals surface area contributed by atoms with Gasteiger partial charge >= 0.3 is 12.1 Å². The maximum absolute atomic E-state index is 15.2. The number of carbonyl (C=O) groups is 4. The van der Waals surface area contributed by atoms with Gasteiger partial charge < -0.3 is 46.1 Å². The standard InChI is InChI=1S/C41H48ClF4N11O5/c42-32-17-27(3-4-29(32)40(62)56-12-10-55(11-13-56)39(61)25-6-14-57(15-7-25,23-34(58)59)22-24-19-48-20-24)52-38(60)37-50-21-28(51-37)16-31-35(53-54-36(31)41(44,45)46)30-5-2-26(18-33(30)43)49-9-1-8-47/h2-5,17-18,21,24-25,48H,1,6-16,19-20,22-23,47H2,(H4-,49,50,51,52,53,54,58,59,60,62)/p+1. The summed E-state index contributed by atoms with van der Waals surface area (Å²) in [6.07, 6.45) is -2.19. The molecule has 0 bridgehead atoms. The fraction of sp³-hybridized carbons (Fsp3) is 0.463. The summed E-state index contributed by atoms with van der Waals surface area (Å²) in [7, 11) is 0. The molecule has 3 fully saturated rings. The first-order chi connectivity index (χ1) is 29.6. The lowest BCUT2D eigenvalue weighted by Crippen LogP contribution is -2.62. The predicted octanol–water partition coefficient (Wildman–Crippen LogP) is 4.03. The van der Waals surface area contributed by atoms with Crippen molar-refractivity contribution in [2.45, 2.75) is 31.9 Å². The molecule has 4 aromatic rings. The number of quaternary nitrogens is 1. The molecule has 3 amide bonds. The highest BCUT2D eigenvalue weighted by molar-refractivity contribution is 6.34. The number of aliphatic carboxylic acids is 1. The summed E-state index contributed by atoms with van der Waals surface area (Å²) < 4.78 is 57.9. The van der Waals surface area contributed by atoms with Crippen LogP contribution >= 0.6 is 11.6 Å². The molecule has 62 heavy (non-hydrogen) atoms. The van der Waals surface area contributed by atoms with E-state index in [2.05, 4.69) is 31.0 Å². The van der Waals surface area contributed by atoms with Crippen molar-refractivity contribution in [3.8, 4) is 11.3 Å². The zero-order chi connectivity index (χ0) is 44.2. The largest absolute Gasteiger partial charge is 0.477 e. The second-order valence-corrected chi connectivity index (χ2v) is 16.6. The predicted molar refractivity (Wildman–Crippen MR) is 221 cm³/mol. The van der Waals surface area contributed by atoms with Crippen molar-refractivity contribution in [1.29, 1.82) is 0 Å². The van der Waals surface area contributed by atoms with E-state index in [0.717, 1.165) is 19.6 Å². The van der Waals surface area contributed by atoms with Crippen LogP contribution in [0.5, 0.6) is 0 Å². The second kappa shape index (κ2) is 18.8. The number of amides is 3. The molecule has 332 valence electrons. The van der Waals surface area contributed by atoms with Gasteiger partial charge in [0.05, 0.1) is 35.9 Å². The summed E-state index contributed by atoms with van der Waals surface area (Å²) in [6, 6.07) is 8.37. The average molecular weight is 887 g/mol. The number of nitrogens with one attached hydrogen (secondary N) is 5. The number of hydrogen-bond donors (Lipinski definition) is 7. The monoisotopic (exact) mass is 886 g/mol. The number of imidazole rings is 1. The van der Waals surface area contributed by atoms with Gasteiger partial charge in [0, 0.05) is 111 Å². The lowest BCUT2D eigenvalue weighted by atomic mass is 9.90. The van der Waals surface area contributed by atoms with Gasteiger partial charge in [-0.15, -0.1) is 0 Å². The van der Waals surface area contributed by atoms with E-state index in [1.807, 2.05) is 5.10 Å². The van der Waals surface area contributed by atoms with Crippen LogP contribution in [-0.4, -0.2) is 142 Å². The summed E-state index contributed by atoms with van der Waals surface area (Å²) in [5.74, 6) is -2.64. The minimum absolute atomic E-state index is 0.0265. The number of aromatic nitrogens is 4. The van der Waals surface area contributed by atoms with Crippen molar-refractivity contribution in [3.63, 3.8) is 0 Å². The molecule has 0 saturated carbocycles. The van der Waals surface area contributed by atoms with E-state index in [0.29, 0.717) is 87.7 Å². The van der Waals surface area contributed by atoms with Crippen molar-refractivity contribution in [2.75, 3.05) is 89.2 Å². The maximum atomic E-state index is 15.2. The number of piperidine rings is 1. The van der Waals surface area contributed by atoms with E-state index in [9.17, 15) is 37.5 Å². The number of alkyl halides is 3. The molecule has 2 aromatic heterocycles. The SMILES string of the molecule is NCCCNc1ccc(-c2n[nH]c(C(F)(F)F)c2Cc2cnc(C(=O)Nc3ccc(C(=O)N4CCN(C(=O)C5CC[N+](CC(=O)O)(CC6CNC6)CC5)CC4)c(Cl)c3)[nH]2)c(F)c1. The van der Waals surface area contributed by atoms with Gasteiger partial charge in [-0.25, -0.2) is 14.2 Å². The molecule has 3 aliphatic heterocycles. The summed E-state index contributed by atoms with van der Waals surface area (Å²) in [6.45, 7) is 6.10. The van der Waals surface area contributed by atoms with E-state index in [1.54, 1.807) is 9.80 Å². The number of nitrogens with two attached hydrogens (primary N) is 1. The number of aromatic amines is 2. The minimum Gasteiger partial charge on any atom is -0.477 e. The summed E-state index contributed by atoms with van der Waals surface area (Å²) in [4.78, 5) is 62.1. The molecule has 0 unspecified atom stereocenters. The first-order valence-electron chi connectivity index (χ1n) is 20.5. The fourth-order valence-electron chi connectivity index (χ4n) is 8.50. The molecule has 3 aliphatic rings. The Morgan fingerprint density at radius 1 is 1.00 bits per heavy atom. The lowest BCUT2D eigenvalue weighted by Gasteiger charge is -2.46. The van der Waals surface area contributed by atoms with Crippen LogP contribution in [-0.2, 0) is 22.2 Å². The quantitative estimate of drug-likeness (QED) is 0.0517. The van der Waals surface area contributed by atoms with Gasteiger partial charge in [0.25, 0.3) is 11.8 Å². The smallest absolute Gasteiger partial charge is 0.433 e. The molecule has 3 saturated heterocycles. The third-order valence-electron chi connectivity index (χ3n) is 11.9. The number of H-pyrrole nitrogens is 2. The normalized spacial score (nSPS) is 19.5. The number of benzene rings is 2. The Balaban J connectivity index is 0.934. The number of carbonyl (C=O) groups excluding carboxylic acids is 3. The number of rotatable bonds is 15. The Bertz CT molecular complexity index is 2280. The molecule has 2 aromatic carbocycles. The number of carboxylic acids is 1. The van der Waals surface area contributed by atoms with Gasteiger partial charge in [-0.1, -0.05) is 11.6 Å². The third-order valence-corrected chi connectivity index (χ3v) is 12.2. The van der Waals surface area contributed by atoms with Gasteiger partial charge in [0.1, 0.15) is 11.5 Å². The van der Waals surface area contributed by atoms with Crippen molar-refractivity contribution in [1.82, 2.24) is 35.3 Å². The summed E-state index contributed by atoms with van der Waals surface area (Å²) >= 11 is 6.54. The van der Waals surface area contributed by atoms with Crippen LogP contribution in [0, 0.1) is 17.7 Å². The van der Waals surface area contributed by atoms with Crippen LogP contribution < -0.4 is 21.7 Å². The molecule has 7 rings (SSSR count). The Morgan fingerprint density at radius 2 is 1.71 bits per heavy atom. The van der Waals surface area contributed by atoms with Gasteiger partial charge in [-0.05, 0) is 49.4 Å². The van der Waals surface area contributed by atoms with Gasteiger partial charge in [-0.2, -0.15) is 18.3 Å². The highest BCUT2D eigenvalue weighted by Crippen LogP contribution is 2.37. The molecule has 21 heteroatoms. The van der Waals surface area contributed by atoms with Crippen LogP contribution in [0.15, 0.2) is 42.6 Å². The molecule has 5 heterocycles. The number of carboxylic acid groups (broad SMARTS) is 1. The van der Waals surface area contributed by atoms with Crippen LogP contribution in [0.3, 0.4) is 0 Å². The van der Waals surface area contributed by atoms with Gasteiger partial charge in [-0.3, -0.25) is 19.5 Å². The number of halogens is 5. The first kappa shape index (κ1) is 44.5. The van der Waals surface area contributed by atoms with E-state index < -0.39 is 36.0 Å². The van der Waals surface area contributed by atoms with E-state index in [-0.39, 0.29) is 68.9 Å². The highest BCUT2D eigenvalue weighted by atomic mass is 35.5. The Kier molecular flexibility index (Phi) is 13.5. The summed E-state index contributed by atoms with van der Waals surface area (Å²) in [5.41, 5.74) is 4.54. The molecule has 0 spiro atoms. The van der Waals surface area contributed by atoms with Crippen molar-refractivity contribution in [3.05, 3.63) is 81.8 Å². The molecule has 8 N–H and O–H groups in total. The molecule has 0 aliphatic carbocycles. The Hall–Kier alpha value is -5.57. The zero-order valence-corrected chi connectivity index (χ0v) is 34.5. The molecule has 0 atom stereocenters. The zero-order valence-electron chi connectivity index (χ0n) is 33.8. The maximum Gasteiger partial charge on any atom is 0.433 e. The molecule has 16 nitrogen and oxygen atoms in total. The van der Waals surface area contributed by atoms with Crippen molar-refractivity contribution >= 4 is 46.7 Å². The number of likely N-dealkylation sites (tertiary alicyclic amines) is 1. The number of nitrogens with zero attached hydrogens (tertiary/aromatic N) is 5. The number of hydrogen-bond acceptors (Lipinski definition) is 9. The van der Waals surface area contributed by atoms with E-state index in [4.69, 9.17) is 17.3 Å². The van der Waals surface area contributed by atoms with Gasteiger partial charge in [0.15, 0.2) is 12.4 Å². The molecular weight excluding hydrogens is 838 g/mol. The van der Waals surface area contributed by atoms with Crippen LogP contribution in [0.25, 0.3) is 11.3 Å². The van der Waals surface area contributed by atoms with E-state index in [1.165, 1.54) is 42.6 Å². The Labute approximate surface area is 359 Å². The fourth-order valence-corrected chi connectivity index (χ4v) is 8.76. The van der Waals surface area contributed by atoms with Crippen molar-refractivity contribution in [2.24, 2.45) is 17.6 Å². The average Bonchev–Trinajstić information content (AvgIpc) is 3.87. The van der Waals surface area contributed by atoms with E-state index >= 15 is 4.39 Å². The van der Waals surface area contributed by atoms with Crippen LogP contribution in [0.2, 0.25) is 5.02 Å².